The molecule has 15 N–H and O–H groups in total. The molecule has 2 aromatic rings. The van der Waals surface area contributed by atoms with E-state index in [9.17, 15) is 29.1 Å². The van der Waals surface area contributed by atoms with Gasteiger partial charge >= 0.3 is 7.12 Å². The Morgan fingerprint density at radius 2 is 1.54 bits per heavy atom. The quantitative estimate of drug-likeness (QED) is 0.0425. The number of aryl methyl sites for hydroxylation is 1. The van der Waals surface area contributed by atoms with Crippen molar-refractivity contribution >= 4 is 36.7 Å². The summed E-state index contributed by atoms with van der Waals surface area (Å²) < 4.78 is 12.6. The number of carbonyl (C=O) groups excluding carboxylic acids is 5. The van der Waals surface area contributed by atoms with Gasteiger partial charge in [0.15, 0.2) is 6.17 Å². The highest BCUT2D eigenvalue weighted by atomic mass is 16.7. The standard InChI is InChI=1S/C42H67BN10O8/c1-6-7-10-24-12-14-25(15-13-24)26-19-30(48-22-26)37(57)49-29(16-18-45)35(55)51-33(23(2)54)38(58)52-34(46)39(59)50-28(11-8-9-17-44)36(56)53-40(47)43-60-32-21-27-20-31(41(27,3)4)42(32,5)61-43/h12-15,19,22-23,27-29,31-34,40,48,54H,6-11,16-18,20-21,44-47H2,1-5H3,(H,49,57)(H,50,59)(H,51,55)(H,52,58)(H,53,56)/t23-,27+,28+,29+,31+,32?,33+,34-,40-,42+/m1/s1. The Hall–Kier alpha value is -4.37. The minimum absolute atomic E-state index is 0.00967. The van der Waals surface area contributed by atoms with Crippen molar-refractivity contribution in [2.75, 3.05) is 13.1 Å². The number of unbranched alkanes of at least 4 members (excludes halogenated alkanes) is 2. The molecule has 19 heteroatoms. The Labute approximate surface area is 358 Å². The van der Waals surface area contributed by atoms with Crippen LogP contribution in [0.3, 0.4) is 0 Å². The highest BCUT2D eigenvalue weighted by Gasteiger charge is 2.68. The molecule has 61 heavy (non-hydrogen) atoms. The molecule has 5 amide bonds. The van der Waals surface area contributed by atoms with Gasteiger partial charge in [0.1, 0.15) is 29.9 Å². The number of aromatic amines is 1. The van der Waals surface area contributed by atoms with Crippen molar-refractivity contribution < 1.29 is 38.4 Å². The first-order valence-corrected chi connectivity index (χ1v) is 21.7. The normalized spacial score (nSPS) is 24.2. The minimum Gasteiger partial charge on any atom is -0.403 e. The van der Waals surface area contributed by atoms with Gasteiger partial charge in [-0.3, -0.25) is 24.0 Å². The predicted octanol–water partition coefficient (Wildman–Crippen LogP) is 0.0204. The molecule has 2 bridgehead atoms. The van der Waals surface area contributed by atoms with Crippen molar-refractivity contribution in [3.8, 4) is 11.1 Å². The van der Waals surface area contributed by atoms with E-state index >= 15 is 0 Å². The highest BCUT2D eigenvalue weighted by Crippen LogP contribution is 2.65. The number of benzene rings is 1. The Kier molecular flexibility index (Phi) is 16.2. The van der Waals surface area contributed by atoms with E-state index in [2.05, 4.69) is 64.5 Å². The van der Waals surface area contributed by atoms with Crippen molar-refractivity contribution in [3.63, 3.8) is 0 Å². The van der Waals surface area contributed by atoms with Gasteiger partial charge in [0.2, 0.25) is 17.7 Å². The lowest BCUT2D eigenvalue weighted by atomic mass is 9.43. The van der Waals surface area contributed by atoms with Gasteiger partial charge in [-0.05, 0) is 118 Å². The average Bonchev–Trinajstić information content (AvgIpc) is 3.86. The van der Waals surface area contributed by atoms with Crippen molar-refractivity contribution in [2.45, 2.75) is 141 Å². The van der Waals surface area contributed by atoms with Crippen molar-refractivity contribution in [3.05, 3.63) is 47.8 Å². The molecule has 3 saturated carbocycles. The number of aliphatic hydroxyl groups is 1. The maximum absolute atomic E-state index is 13.6. The molecule has 336 valence electrons. The van der Waals surface area contributed by atoms with E-state index in [1.165, 1.54) is 12.5 Å². The van der Waals surface area contributed by atoms with E-state index < -0.39 is 78.7 Å². The molecule has 4 fully saturated rings. The fourth-order valence-corrected chi connectivity index (χ4v) is 8.98. The average molecular weight is 851 g/mol. The van der Waals surface area contributed by atoms with Crippen LogP contribution in [0, 0.1) is 17.3 Å². The molecule has 4 aliphatic rings. The van der Waals surface area contributed by atoms with Crippen molar-refractivity contribution in [2.24, 2.45) is 40.2 Å². The van der Waals surface area contributed by atoms with Crippen LogP contribution < -0.4 is 49.5 Å². The number of H-pyrrole nitrogens is 1. The second kappa shape index (κ2) is 20.7. The van der Waals surface area contributed by atoms with Gasteiger partial charge in [-0.2, -0.15) is 0 Å². The van der Waals surface area contributed by atoms with Gasteiger partial charge in [-0.1, -0.05) is 51.5 Å². The zero-order valence-electron chi connectivity index (χ0n) is 36.1. The van der Waals surface area contributed by atoms with E-state index in [0.717, 1.165) is 43.2 Å². The summed E-state index contributed by atoms with van der Waals surface area (Å²) in [6.07, 6.45) is 4.72. The molecule has 1 saturated heterocycles. The summed E-state index contributed by atoms with van der Waals surface area (Å²) in [5.74, 6) is -3.08. The fourth-order valence-electron chi connectivity index (χ4n) is 8.98. The number of rotatable bonds is 22. The predicted molar refractivity (Wildman–Crippen MR) is 231 cm³/mol. The summed E-state index contributed by atoms with van der Waals surface area (Å²) in [5, 5.41) is 23.2. The Balaban J connectivity index is 1.15. The zero-order valence-corrected chi connectivity index (χ0v) is 36.1. The number of nitrogens with one attached hydrogen (secondary N) is 6. The molecule has 1 aliphatic heterocycles. The highest BCUT2D eigenvalue weighted by molar-refractivity contribution is 6.47. The molecule has 18 nitrogen and oxygen atoms in total. The minimum atomic E-state index is -1.70. The number of nitrogens with two attached hydrogens (primary N) is 4. The summed E-state index contributed by atoms with van der Waals surface area (Å²) in [7, 11) is -0.897. The van der Waals surface area contributed by atoms with Crippen LogP contribution in [0.25, 0.3) is 11.1 Å². The molecule has 2 heterocycles. The number of aliphatic hydroxyl groups excluding tert-OH is 1. The lowest BCUT2D eigenvalue weighted by Gasteiger charge is -2.64. The van der Waals surface area contributed by atoms with Crippen molar-refractivity contribution in [1.82, 2.24) is 31.6 Å². The first-order chi connectivity index (χ1) is 28.9. The Morgan fingerprint density at radius 3 is 2.18 bits per heavy atom. The van der Waals surface area contributed by atoms with Crippen LogP contribution in [0.15, 0.2) is 36.5 Å². The van der Waals surface area contributed by atoms with Crippen LogP contribution in [-0.2, 0) is 34.9 Å². The molecular weight excluding hydrogens is 783 g/mol. The van der Waals surface area contributed by atoms with Crippen LogP contribution >= 0.6 is 0 Å². The molecule has 1 aromatic carbocycles. The summed E-state index contributed by atoms with van der Waals surface area (Å²) in [5.41, 5.74) is 26.7. The molecule has 3 aliphatic carbocycles. The smallest absolute Gasteiger partial charge is 0.403 e. The zero-order chi connectivity index (χ0) is 44.6. The number of aromatic nitrogens is 1. The van der Waals surface area contributed by atoms with Crippen LogP contribution in [0.1, 0.15) is 102 Å². The monoisotopic (exact) mass is 851 g/mol. The number of carbonyl (C=O) groups is 5. The van der Waals surface area contributed by atoms with Crippen LogP contribution in [0.4, 0.5) is 0 Å². The van der Waals surface area contributed by atoms with Gasteiger partial charge in [0.05, 0.1) is 17.8 Å². The first-order valence-electron chi connectivity index (χ1n) is 21.7. The molecule has 1 aromatic heterocycles. The van der Waals surface area contributed by atoms with E-state index in [1.807, 2.05) is 19.1 Å². The lowest BCUT2D eigenvalue weighted by molar-refractivity contribution is -0.199. The van der Waals surface area contributed by atoms with Crippen molar-refractivity contribution in [1.29, 1.82) is 0 Å². The maximum atomic E-state index is 13.6. The van der Waals surface area contributed by atoms with E-state index in [1.54, 1.807) is 12.3 Å². The fraction of sp³-hybridized carbons (Fsp3) is 0.643. The molecular formula is C42H67BN10O8. The Bertz CT molecular complexity index is 1850. The molecule has 0 radical (unpaired) electrons. The SMILES string of the molecule is CCCCc1ccc(-c2c[nH]c(C(=O)N[C@@H](CCN)C(=O)N[C@H](C(=O)N[C@@H](N)C(=O)N[C@@H](CCCCN)C(=O)N[C@@H](N)B3OC4C[C@@H]5C[C@@H](C5(C)C)[C@]4(C)O3)[C@@H](C)O)c2)cc1. The number of amides is 5. The number of hydrogen-bond acceptors (Lipinski definition) is 12. The van der Waals surface area contributed by atoms with E-state index in [-0.39, 0.29) is 36.6 Å². The molecule has 1 unspecified atom stereocenters. The Morgan fingerprint density at radius 1 is 0.852 bits per heavy atom. The largest absolute Gasteiger partial charge is 0.497 e. The molecule has 0 spiro atoms. The van der Waals surface area contributed by atoms with Gasteiger partial charge in [-0.25, -0.2) is 0 Å². The van der Waals surface area contributed by atoms with Crippen LogP contribution in [-0.4, -0.2) is 108 Å². The number of hydrogen-bond donors (Lipinski definition) is 11. The summed E-state index contributed by atoms with van der Waals surface area (Å²) in [4.78, 5) is 70.0. The van der Waals surface area contributed by atoms with E-state index in [0.29, 0.717) is 31.2 Å². The molecule has 10 atom stereocenters. The molecule has 6 rings (SSSR count). The van der Waals surface area contributed by atoms with Crippen LogP contribution in [0.5, 0.6) is 0 Å². The first kappa shape index (κ1) is 47.7. The third kappa shape index (κ3) is 11.2. The summed E-state index contributed by atoms with van der Waals surface area (Å²) in [6.45, 7) is 10.3. The topological polar surface area (TPSA) is 304 Å². The maximum Gasteiger partial charge on any atom is 0.497 e. The van der Waals surface area contributed by atoms with Gasteiger partial charge < -0.3 is 68.9 Å². The summed E-state index contributed by atoms with van der Waals surface area (Å²) in [6, 6.07) is 4.83. The third-order valence-corrected chi connectivity index (χ3v) is 12.9. The second-order valence-electron chi connectivity index (χ2n) is 17.6. The van der Waals surface area contributed by atoms with Crippen LogP contribution in [0.2, 0.25) is 0 Å². The summed E-state index contributed by atoms with van der Waals surface area (Å²) >= 11 is 0. The van der Waals surface area contributed by atoms with Gasteiger partial charge in [-0.15, -0.1) is 0 Å². The van der Waals surface area contributed by atoms with E-state index in [4.69, 9.17) is 32.2 Å². The van der Waals surface area contributed by atoms with Gasteiger partial charge in [0, 0.05) is 6.20 Å². The third-order valence-electron chi connectivity index (χ3n) is 12.9. The second-order valence-corrected chi connectivity index (χ2v) is 17.6. The van der Waals surface area contributed by atoms with Gasteiger partial charge in [0.25, 0.3) is 11.8 Å². The lowest BCUT2D eigenvalue weighted by Crippen LogP contribution is -2.65.